The molecule has 170 valence electrons. The van der Waals surface area contributed by atoms with E-state index in [9.17, 15) is 79.4 Å². The van der Waals surface area contributed by atoms with E-state index in [2.05, 4.69) is 0 Å². The molecule has 0 bridgehead atoms. The van der Waals surface area contributed by atoms with Crippen LogP contribution < -0.4 is 0 Å². The van der Waals surface area contributed by atoms with E-state index in [-0.39, 0.29) is 0 Å². The van der Waals surface area contributed by atoms with Gasteiger partial charge in [-0.15, -0.1) is 13.2 Å². The second-order valence-corrected chi connectivity index (χ2v) is 5.84. The lowest BCUT2D eigenvalue weighted by atomic mass is 9.60. The number of fused-ring (bicyclic) bond motifs is 1. The number of amides is 1. The van der Waals surface area contributed by atoms with Gasteiger partial charge in [-0.25, -0.2) is 8.78 Å². The summed E-state index contributed by atoms with van der Waals surface area (Å²) in [7, 11) is 0. The SMILES string of the molecule is O=C1N(C(F)(F)F)C(F)(F)C(F)(F)C2(F)C(F)(F)C(F)(F)C(F)(F)C(F)(F)C12F. The van der Waals surface area contributed by atoms with E-state index in [0.717, 1.165) is 0 Å². The maximum absolute atomic E-state index is 14.4. The second-order valence-electron chi connectivity index (χ2n) is 5.84. The Morgan fingerprint density at radius 1 is 0.552 bits per heavy atom. The summed E-state index contributed by atoms with van der Waals surface area (Å²) in [5.41, 5.74) is -16.2. The molecule has 0 aromatic carbocycles. The van der Waals surface area contributed by atoms with E-state index < -0.39 is 64.1 Å². The van der Waals surface area contributed by atoms with Crippen molar-refractivity contribution in [3.05, 3.63) is 0 Å². The summed E-state index contributed by atoms with van der Waals surface area (Å²) in [6.07, 6.45) is -7.38. The summed E-state index contributed by atoms with van der Waals surface area (Å²) < 4.78 is 228. The van der Waals surface area contributed by atoms with Crippen molar-refractivity contribution in [3.8, 4) is 0 Å². The van der Waals surface area contributed by atoms with E-state index in [4.69, 9.17) is 0 Å². The van der Waals surface area contributed by atoms with E-state index in [1.54, 1.807) is 0 Å². The van der Waals surface area contributed by atoms with Gasteiger partial charge < -0.3 is 0 Å². The van der Waals surface area contributed by atoms with Gasteiger partial charge in [-0.2, -0.15) is 57.6 Å². The van der Waals surface area contributed by atoms with Gasteiger partial charge in [-0.3, -0.25) is 4.79 Å². The van der Waals surface area contributed by atoms with Crippen LogP contribution in [0.2, 0.25) is 0 Å². The summed E-state index contributed by atoms with van der Waals surface area (Å²) in [6.45, 7) is 0. The molecule has 2 rings (SSSR count). The highest BCUT2D eigenvalue weighted by Gasteiger charge is 3.10. The van der Waals surface area contributed by atoms with Crippen molar-refractivity contribution in [3.63, 3.8) is 0 Å². The zero-order chi connectivity index (χ0) is 23.7. The predicted octanol–water partition coefficient (Wildman–Crippen LogP) is 4.55. The molecule has 1 saturated heterocycles. The number of hydrogen-bond acceptors (Lipinski definition) is 1. The van der Waals surface area contributed by atoms with Crippen molar-refractivity contribution < 1.29 is 79.4 Å². The Labute approximate surface area is 145 Å². The van der Waals surface area contributed by atoms with Crippen molar-refractivity contribution in [2.45, 2.75) is 53.3 Å². The first kappa shape index (κ1) is 23.6. The lowest BCUT2D eigenvalue weighted by molar-refractivity contribution is -0.514. The van der Waals surface area contributed by atoms with Gasteiger partial charge >= 0.3 is 47.6 Å². The molecule has 1 amide bonds. The molecule has 2 fully saturated rings. The number of rotatable bonds is 0. The van der Waals surface area contributed by atoms with Gasteiger partial charge in [0.2, 0.25) is 0 Å². The largest absolute Gasteiger partial charge is 0.492 e. The van der Waals surface area contributed by atoms with Crippen LogP contribution in [-0.4, -0.2) is 64.1 Å². The summed E-state index contributed by atoms with van der Waals surface area (Å²) in [5.74, 6) is -45.8. The molecule has 2 nitrogen and oxygen atoms in total. The van der Waals surface area contributed by atoms with Crippen LogP contribution in [0.25, 0.3) is 0 Å². The highest BCUT2D eigenvalue weighted by Crippen LogP contribution is 2.75. The van der Waals surface area contributed by atoms with E-state index in [0.29, 0.717) is 0 Å². The second kappa shape index (κ2) is 4.94. The quantitative estimate of drug-likeness (QED) is 0.374. The number of carbonyl (C=O) groups excluding carboxylic acids is 1. The molecule has 19 heteroatoms. The summed E-state index contributed by atoms with van der Waals surface area (Å²) in [6, 6.07) is -7.74. The first-order chi connectivity index (χ1) is 12.3. The van der Waals surface area contributed by atoms with Crippen molar-refractivity contribution >= 4 is 5.91 Å². The normalized spacial score (nSPS) is 39.1. The average molecular weight is 473 g/mol. The van der Waals surface area contributed by atoms with Crippen LogP contribution in [0.3, 0.4) is 0 Å². The molecule has 29 heavy (non-hydrogen) atoms. The maximum Gasteiger partial charge on any atom is 0.492 e. The average Bonchev–Trinajstić information content (AvgIpc) is 2.48. The van der Waals surface area contributed by atoms with Crippen LogP contribution >= 0.6 is 0 Å². The van der Waals surface area contributed by atoms with Gasteiger partial charge in [0.05, 0.1) is 0 Å². The van der Waals surface area contributed by atoms with Gasteiger partial charge in [0, 0.05) is 0 Å². The zero-order valence-corrected chi connectivity index (χ0v) is 12.3. The molecule has 1 saturated carbocycles. The Hall–Kier alpha value is -1.72. The van der Waals surface area contributed by atoms with E-state index in [1.807, 2.05) is 0 Å². The number of hydrogen-bond donors (Lipinski definition) is 0. The van der Waals surface area contributed by atoms with Crippen LogP contribution in [0.5, 0.6) is 0 Å². The fourth-order valence-corrected chi connectivity index (χ4v) is 2.86. The van der Waals surface area contributed by atoms with Crippen molar-refractivity contribution in [2.75, 3.05) is 0 Å². The lowest BCUT2D eigenvalue weighted by Crippen LogP contribution is -2.96. The highest BCUT2D eigenvalue weighted by atomic mass is 19.4. The third-order valence-corrected chi connectivity index (χ3v) is 4.37. The highest BCUT2D eigenvalue weighted by molar-refractivity contribution is 5.92. The molecule has 1 aliphatic heterocycles. The number of piperidine rings is 1. The molecular weight excluding hydrogens is 473 g/mol. The molecular formula is C10F17NO. The summed E-state index contributed by atoms with van der Waals surface area (Å²) >= 11 is 0. The molecule has 0 radical (unpaired) electrons. The zero-order valence-electron chi connectivity index (χ0n) is 12.3. The molecule has 1 heterocycles. The number of likely N-dealkylation sites (tertiary alicyclic amines) is 1. The Kier molecular flexibility index (Phi) is 4.02. The van der Waals surface area contributed by atoms with Crippen LogP contribution in [0.15, 0.2) is 0 Å². The Balaban J connectivity index is 3.15. The molecule has 0 aromatic rings. The molecule has 1 aliphatic carbocycles. The molecule has 2 aliphatic rings. The minimum atomic E-state index is -8.27. The maximum atomic E-state index is 14.4. The molecule has 0 spiro atoms. The van der Waals surface area contributed by atoms with Crippen molar-refractivity contribution in [1.29, 1.82) is 0 Å². The minimum absolute atomic E-state index is 3.85. The third-order valence-electron chi connectivity index (χ3n) is 4.37. The van der Waals surface area contributed by atoms with Crippen molar-refractivity contribution in [2.24, 2.45) is 0 Å². The number of carbonyl (C=O) groups is 1. The Morgan fingerprint density at radius 3 is 1.24 bits per heavy atom. The standard InChI is InChI=1S/C10F17NO/c11-2-1(29)28(10(25,26)27)9(23,24)6(17,18)3(2,12)5(15,16)8(21,22)7(19,20)4(2,13)14. The summed E-state index contributed by atoms with van der Waals surface area (Å²) in [5, 5.41) is 0. The van der Waals surface area contributed by atoms with E-state index >= 15 is 0 Å². The van der Waals surface area contributed by atoms with Crippen molar-refractivity contribution in [1.82, 2.24) is 4.90 Å². The predicted molar refractivity (Wildman–Crippen MR) is 50.3 cm³/mol. The van der Waals surface area contributed by atoms with Crippen LogP contribution in [0.4, 0.5) is 74.6 Å². The third kappa shape index (κ3) is 1.82. The minimum Gasteiger partial charge on any atom is -0.270 e. The lowest BCUT2D eigenvalue weighted by Gasteiger charge is -2.61. The Bertz CT molecular complexity index is 754. The summed E-state index contributed by atoms with van der Waals surface area (Å²) in [4.78, 5) is 7.38. The van der Waals surface area contributed by atoms with Gasteiger partial charge in [-0.05, 0) is 0 Å². The van der Waals surface area contributed by atoms with Crippen LogP contribution in [-0.2, 0) is 4.79 Å². The van der Waals surface area contributed by atoms with E-state index in [1.165, 1.54) is 0 Å². The Morgan fingerprint density at radius 2 is 0.897 bits per heavy atom. The molecule has 2 unspecified atom stereocenters. The van der Waals surface area contributed by atoms with Crippen LogP contribution in [0.1, 0.15) is 0 Å². The first-order valence-corrected chi connectivity index (χ1v) is 6.34. The molecule has 2 atom stereocenters. The fourth-order valence-electron chi connectivity index (χ4n) is 2.86. The molecule has 0 N–H and O–H groups in total. The monoisotopic (exact) mass is 473 g/mol. The number of nitrogens with zero attached hydrogens (tertiary/aromatic N) is 1. The van der Waals surface area contributed by atoms with Crippen LogP contribution in [0, 0.1) is 0 Å². The fraction of sp³-hybridized carbons (Fsp3) is 0.900. The van der Waals surface area contributed by atoms with Gasteiger partial charge in [0.1, 0.15) is 0 Å². The topological polar surface area (TPSA) is 20.3 Å². The van der Waals surface area contributed by atoms with Gasteiger partial charge in [-0.1, -0.05) is 0 Å². The van der Waals surface area contributed by atoms with Gasteiger partial charge in [0.25, 0.3) is 11.6 Å². The molecule has 0 aromatic heterocycles. The smallest absolute Gasteiger partial charge is 0.270 e. The first-order valence-electron chi connectivity index (χ1n) is 6.34. The number of halogens is 17. The number of alkyl halides is 17. The van der Waals surface area contributed by atoms with Gasteiger partial charge in [0.15, 0.2) is 0 Å².